The molecule has 1 unspecified atom stereocenters. The Bertz CT molecular complexity index is 624. The molecule has 3 heteroatoms. The molecule has 2 aromatic rings. The van der Waals surface area contributed by atoms with E-state index in [9.17, 15) is 4.39 Å². The van der Waals surface area contributed by atoms with Crippen LogP contribution in [-0.4, -0.2) is 7.05 Å². The van der Waals surface area contributed by atoms with Gasteiger partial charge in [-0.3, -0.25) is 0 Å². The third-order valence-corrected chi connectivity index (χ3v) is 4.17. The first-order chi connectivity index (χ1) is 9.20. The predicted octanol–water partition coefficient (Wildman–Crippen LogP) is 4.35. The second kappa shape index (κ2) is 4.95. The molecule has 0 spiro atoms. The minimum absolute atomic E-state index is 0.250. The van der Waals surface area contributed by atoms with Crippen LogP contribution in [0.3, 0.4) is 0 Å². The van der Waals surface area contributed by atoms with Crippen molar-refractivity contribution in [3.8, 4) is 11.1 Å². The Hall–Kier alpha value is -1.38. The topological polar surface area (TPSA) is 12.0 Å². The molecule has 98 valence electrons. The van der Waals surface area contributed by atoms with Gasteiger partial charge in [-0.05, 0) is 54.8 Å². The van der Waals surface area contributed by atoms with Crippen LogP contribution in [0.15, 0.2) is 36.4 Å². The van der Waals surface area contributed by atoms with Gasteiger partial charge in [0.05, 0.1) is 0 Å². The molecule has 0 heterocycles. The van der Waals surface area contributed by atoms with Gasteiger partial charge in [-0.2, -0.15) is 0 Å². The molecule has 1 nitrogen and oxygen atoms in total. The molecule has 0 aromatic heterocycles. The molecule has 19 heavy (non-hydrogen) atoms. The van der Waals surface area contributed by atoms with Gasteiger partial charge in [-0.1, -0.05) is 29.8 Å². The van der Waals surface area contributed by atoms with Crippen LogP contribution in [0.25, 0.3) is 11.1 Å². The largest absolute Gasteiger partial charge is 0.313 e. The highest BCUT2D eigenvalue weighted by Gasteiger charge is 2.24. The van der Waals surface area contributed by atoms with E-state index in [-0.39, 0.29) is 5.82 Å². The lowest BCUT2D eigenvalue weighted by molar-refractivity contribution is 0.590. The van der Waals surface area contributed by atoms with Gasteiger partial charge in [0.15, 0.2) is 0 Å². The van der Waals surface area contributed by atoms with E-state index in [1.54, 1.807) is 6.07 Å². The number of benzene rings is 2. The maximum atomic E-state index is 13.5. The summed E-state index contributed by atoms with van der Waals surface area (Å²) in [7, 11) is 1.97. The van der Waals surface area contributed by atoms with Gasteiger partial charge in [0.1, 0.15) is 5.82 Å². The zero-order chi connectivity index (χ0) is 13.4. The van der Waals surface area contributed by atoms with Crippen molar-refractivity contribution in [3.05, 3.63) is 58.4 Å². The Kier molecular flexibility index (Phi) is 3.29. The van der Waals surface area contributed by atoms with Crippen molar-refractivity contribution in [1.82, 2.24) is 5.32 Å². The first-order valence-electron chi connectivity index (χ1n) is 6.45. The van der Waals surface area contributed by atoms with Crippen LogP contribution in [0, 0.1) is 5.82 Å². The Morgan fingerprint density at radius 1 is 1.21 bits per heavy atom. The summed E-state index contributed by atoms with van der Waals surface area (Å²) in [6, 6.07) is 11.1. The Labute approximate surface area is 117 Å². The van der Waals surface area contributed by atoms with Gasteiger partial charge >= 0.3 is 0 Å². The molecule has 0 saturated heterocycles. The fourth-order valence-corrected chi connectivity index (χ4v) is 3.13. The third kappa shape index (κ3) is 2.15. The molecule has 2 aromatic carbocycles. The Balaban J connectivity index is 2.17. The van der Waals surface area contributed by atoms with Gasteiger partial charge < -0.3 is 5.32 Å². The summed E-state index contributed by atoms with van der Waals surface area (Å²) >= 11 is 6.22. The quantitative estimate of drug-likeness (QED) is 0.859. The van der Waals surface area contributed by atoms with Crippen LogP contribution >= 0.6 is 11.6 Å². The number of rotatable bonds is 2. The van der Waals surface area contributed by atoms with Crippen LogP contribution in [0.2, 0.25) is 5.02 Å². The number of hydrogen-bond acceptors (Lipinski definition) is 1. The molecule has 0 saturated carbocycles. The fraction of sp³-hybridized carbons (Fsp3) is 0.250. The van der Waals surface area contributed by atoms with Crippen molar-refractivity contribution in [3.63, 3.8) is 0 Å². The smallest absolute Gasteiger partial charge is 0.123 e. The summed E-state index contributed by atoms with van der Waals surface area (Å²) < 4.78 is 13.5. The molecule has 3 rings (SSSR count). The zero-order valence-electron chi connectivity index (χ0n) is 10.7. The minimum atomic E-state index is -0.250. The number of hydrogen-bond donors (Lipinski definition) is 1. The van der Waals surface area contributed by atoms with Crippen molar-refractivity contribution in [2.75, 3.05) is 7.05 Å². The Morgan fingerprint density at radius 2 is 2.05 bits per heavy atom. The molecule has 1 aliphatic rings. The standard InChI is InChI=1S/C16H15ClFN/c1-19-16-8-6-12-11(3-2-4-13(12)16)14-9-10(18)5-7-15(14)17/h2-5,7,9,16,19H,6,8H2,1H3. The molecule has 1 aliphatic carbocycles. The first kappa shape index (κ1) is 12.6. The molecule has 1 N–H and O–H groups in total. The summed E-state index contributed by atoms with van der Waals surface area (Å²) in [6.07, 6.45) is 2.08. The SMILES string of the molecule is CNC1CCc2c(-c3cc(F)ccc3Cl)cccc21. The monoisotopic (exact) mass is 275 g/mol. The van der Waals surface area contributed by atoms with Crippen molar-refractivity contribution >= 4 is 11.6 Å². The maximum absolute atomic E-state index is 13.5. The lowest BCUT2D eigenvalue weighted by Gasteiger charge is -2.13. The van der Waals surface area contributed by atoms with Crippen LogP contribution in [-0.2, 0) is 6.42 Å². The highest BCUT2D eigenvalue weighted by Crippen LogP contribution is 2.39. The van der Waals surface area contributed by atoms with Gasteiger partial charge in [0.25, 0.3) is 0 Å². The van der Waals surface area contributed by atoms with Crippen LogP contribution < -0.4 is 5.32 Å². The minimum Gasteiger partial charge on any atom is -0.313 e. The number of halogens is 2. The first-order valence-corrected chi connectivity index (χ1v) is 6.83. The van der Waals surface area contributed by atoms with Crippen LogP contribution in [0.5, 0.6) is 0 Å². The summed E-state index contributed by atoms with van der Waals surface area (Å²) in [5, 5.41) is 3.92. The van der Waals surface area contributed by atoms with Crippen molar-refractivity contribution in [1.29, 1.82) is 0 Å². The highest BCUT2D eigenvalue weighted by molar-refractivity contribution is 6.33. The molecule has 1 atom stereocenters. The lowest BCUT2D eigenvalue weighted by Crippen LogP contribution is -2.12. The molecule has 0 fully saturated rings. The van der Waals surface area contributed by atoms with Crippen molar-refractivity contribution < 1.29 is 4.39 Å². The van der Waals surface area contributed by atoms with E-state index in [2.05, 4.69) is 11.4 Å². The second-order valence-electron chi connectivity index (χ2n) is 4.88. The third-order valence-electron chi connectivity index (χ3n) is 3.84. The van der Waals surface area contributed by atoms with Crippen LogP contribution in [0.4, 0.5) is 4.39 Å². The molecular formula is C16H15ClFN. The normalized spacial score (nSPS) is 17.5. The molecule has 0 aliphatic heterocycles. The molecule has 0 amide bonds. The highest BCUT2D eigenvalue weighted by atomic mass is 35.5. The van der Waals surface area contributed by atoms with E-state index in [1.165, 1.54) is 23.3 Å². The average Bonchev–Trinajstić information content (AvgIpc) is 2.84. The number of nitrogens with one attached hydrogen (secondary N) is 1. The number of fused-ring (bicyclic) bond motifs is 1. The van der Waals surface area contributed by atoms with E-state index in [4.69, 9.17) is 11.6 Å². The van der Waals surface area contributed by atoms with Gasteiger partial charge in [-0.15, -0.1) is 0 Å². The van der Waals surface area contributed by atoms with Crippen molar-refractivity contribution in [2.45, 2.75) is 18.9 Å². The van der Waals surface area contributed by atoms with Crippen molar-refractivity contribution in [2.24, 2.45) is 0 Å². The van der Waals surface area contributed by atoms with Gasteiger partial charge in [0.2, 0.25) is 0 Å². The second-order valence-corrected chi connectivity index (χ2v) is 5.28. The summed E-state index contributed by atoms with van der Waals surface area (Å²) in [4.78, 5) is 0. The summed E-state index contributed by atoms with van der Waals surface area (Å²) in [6.45, 7) is 0. The van der Waals surface area contributed by atoms with E-state index in [0.29, 0.717) is 11.1 Å². The fourth-order valence-electron chi connectivity index (χ4n) is 2.91. The lowest BCUT2D eigenvalue weighted by atomic mass is 9.96. The van der Waals surface area contributed by atoms with E-state index >= 15 is 0 Å². The predicted molar refractivity (Wildman–Crippen MR) is 77.0 cm³/mol. The van der Waals surface area contributed by atoms with Gasteiger partial charge in [0, 0.05) is 16.6 Å². The van der Waals surface area contributed by atoms with E-state index in [1.807, 2.05) is 19.2 Å². The molecule has 0 bridgehead atoms. The summed E-state index contributed by atoms with van der Waals surface area (Å²) in [5.74, 6) is -0.250. The van der Waals surface area contributed by atoms with E-state index < -0.39 is 0 Å². The van der Waals surface area contributed by atoms with Gasteiger partial charge in [-0.25, -0.2) is 4.39 Å². The van der Waals surface area contributed by atoms with Crippen LogP contribution in [0.1, 0.15) is 23.6 Å². The Morgan fingerprint density at radius 3 is 2.84 bits per heavy atom. The zero-order valence-corrected chi connectivity index (χ0v) is 11.5. The summed E-state index contributed by atoms with van der Waals surface area (Å²) in [5.41, 5.74) is 4.43. The van der Waals surface area contributed by atoms with E-state index in [0.717, 1.165) is 24.0 Å². The average molecular weight is 276 g/mol. The molecular weight excluding hydrogens is 261 g/mol. The maximum Gasteiger partial charge on any atom is 0.123 e. The molecule has 0 radical (unpaired) electrons.